The van der Waals surface area contributed by atoms with Gasteiger partial charge in [-0.1, -0.05) is 57.2 Å². The molecule has 2 heteroatoms. The standard InChI is InChI=1S/C19H26O2/c1-19(2,3)16-11-9-14(10-12-16)13-17(18(20)21)15-7-5-4-6-8-15/h4-8,13-14,16H,9-12H2,1-3H3,(H,20,21)/b17-13+. The molecule has 1 aliphatic rings. The highest BCUT2D eigenvalue weighted by atomic mass is 16.4. The van der Waals surface area contributed by atoms with Crippen molar-refractivity contribution in [1.29, 1.82) is 0 Å². The van der Waals surface area contributed by atoms with Gasteiger partial charge in [-0.25, -0.2) is 4.79 Å². The van der Waals surface area contributed by atoms with Crippen molar-refractivity contribution in [3.8, 4) is 0 Å². The number of hydrogen-bond donors (Lipinski definition) is 1. The summed E-state index contributed by atoms with van der Waals surface area (Å²) in [7, 11) is 0. The van der Waals surface area contributed by atoms with Crippen LogP contribution in [0.5, 0.6) is 0 Å². The van der Waals surface area contributed by atoms with Crippen molar-refractivity contribution in [2.45, 2.75) is 46.5 Å². The van der Waals surface area contributed by atoms with Crippen molar-refractivity contribution >= 4 is 11.5 Å². The lowest BCUT2D eigenvalue weighted by Crippen LogP contribution is -2.25. The minimum Gasteiger partial charge on any atom is -0.478 e. The summed E-state index contributed by atoms with van der Waals surface area (Å²) in [6.45, 7) is 6.92. The van der Waals surface area contributed by atoms with Crippen molar-refractivity contribution in [2.24, 2.45) is 17.3 Å². The number of allylic oxidation sites excluding steroid dienone is 1. The highest BCUT2D eigenvalue weighted by Crippen LogP contribution is 2.40. The maximum atomic E-state index is 11.5. The lowest BCUT2D eigenvalue weighted by Gasteiger charge is -2.36. The van der Waals surface area contributed by atoms with Crippen LogP contribution in [0, 0.1) is 17.3 Å². The molecule has 1 aliphatic carbocycles. The molecular formula is C19H26O2. The average molecular weight is 286 g/mol. The van der Waals surface area contributed by atoms with E-state index in [1.54, 1.807) is 0 Å². The molecule has 0 aliphatic heterocycles. The summed E-state index contributed by atoms with van der Waals surface area (Å²) in [5.41, 5.74) is 1.63. The van der Waals surface area contributed by atoms with Gasteiger partial charge in [-0.15, -0.1) is 0 Å². The monoisotopic (exact) mass is 286 g/mol. The van der Waals surface area contributed by atoms with Gasteiger partial charge in [0.05, 0.1) is 5.57 Å². The Bertz CT molecular complexity index is 500. The second-order valence-corrected chi connectivity index (χ2v) is 7.23. The van der Waals surface area contributed by atoms with E-state index in [0.29, 0.717) is 16.9 Å². The van der Waals surface area contributed by atoms with E-state index in [-0.39, 0.29) is 0 Å². The lowest BCUT2D eigenvalue weighted by atomic mass is 9.69. The summed E-state index contributed by atoms with van der Waals surface area (Å²) in [6.07, 6.45) is 6.59. The highest BCUT2D eigenvalue weighted by molar-refractivity contribution is 6.15. The van der Waals surface area contributed by atoms with Crippen LogP contribution < -0.4 is 0 Å². The molecule has 114 valence electrons. The third-order valence-electron chi connectivity index (χ3n) is 4.71. The molecule has 1 fully saturated rings. The van der Waals surface area contributed by atoms with E-state index in [9.17, 15) is 9.90 Å². The maximum Gasteiger partial charge on any atom is 0.335 e. The van der Waals surface area contributed by atoms with Gasteiger partial charge in [0.2, 0.25) is 0 Å². The molecule has 0 unspecified atom stereocenters. The normalized spacial score (nSPS) is 23.9. The van der Waals surface area contributed by atoms with E-state index in [4.69, 9.17) is 0 Å². The van der Waals surface area contributed by atoms with E-state index in [0.717, 1.165) is 24.3 Å². The van der Waals surface area contributed by atoms with E-state index >= 15 is 0 Å². The van der Waals surface area contributed by atoms with Crippen molar-refractivity contribution in [3.63, 3.8) is 0 Å². The van der Waals surface area contributed by atoms with Gasteiger partial charge in [0.15, 0.2) is 0 Å². The topological polar surface area (TPSA) is 37.3 Å². The average Bonchev–Trinajstić information content (AvgIpc) is 2.45. The summed E-state index contributed by atoms with van der Waals surface area (Å²) < 4.78 is 0. The first-order valence-corrected chi connectivity index (χ1v) is 7.88. The predicted molar refractivity (Wildman–Crippen MR) is 87.0 cm³/mol. The maximum absolute atomic E-state index is 11.5. The van der Waals surface area contributed by atoms with Crippen LogP contribution in [0.1, 0.15) is 52.0 Å². The van der Waals surface area contributed by atoms with E-state index < -0.39 is 5.97 Å². The number of aliphatic carboxylic acids is 1. The minimum atomic E-state index is -0.820. The largest absolute Gasteiger partial charge is 0.478 e. The fourth-order valence-electron chi connectivity index (χ4n) is 3.30. The SMILES string of the molecule is CC(C)(C)C1CCC(/C=C(/C(=O)O)c2ccccc2)CC1. The smallest absolute Gasteiger partial charge is 0.335 e. The zero-order chi connectivity index (χ0) is 15.5. The molecule has 1 aromatic carbocycles. The number of rotatable bonds is 3. The third-order valence-corrected chi connectivity index (χ3v) is 4.71. The summed E-state index contributed by atoms with van der Waals surface area (Å²) in [5.74, 6) is 0.334. The van der Waals surface area contributed by atoms with Gasteiger partial charge in [-0.2, -0.15) is 0 Å². The molecule has 0 aromatic heterocycles. The van der Waals surface area contributed by atoms with Crippen LogP contribution in [0.25, 0.3) is 5.57 Å². The molecule has 0 radical (unpaired) electrons. The number of benzene rings is 1. The molecule has 1 aromatic rings. The Kier molecular flexibility index (Phi) is 4.87. The van der Waals surface area contributed by atoms with Crippen LogP contribution in [-0.4, -0.2) is 11.1 Å². The molecule has 0 saturated heterocycles. The zero-order valence-electron chi connectivity index (χ0n) is 13.3. The Balaban J connectivity index is 2.10. The Labute approximate surface area is 127 Å². The van der Waals surface area contributed by atoms with Crippen molar-refractivity contribution in [2.75, 3.05) is 0 Å². The van der Waals surface area contributed by atoms with Crippen LogP contribution in [0.15, 0.2) is 36.4 Å². The highest BCUT2D eigenvalue weighted by Gasteiger charge is 2.29. The fraction of sp³-hybridized carbons (Fsp3) is 0.526. The second-order valence-electron chi connectivity index (χ2n) is 7.23. The first-order valence-electron chi connectivity index (χ1n) is 7.88. The molecule has 0 atom stereocenters. The Morgan fingerprint density at radius 1 is 1.10 bits per heavy atom. The molecule has 21 heavy (non-hydrogen) atoms. The van der Waals surface area contributed by atoms with Crippen LogP contribution in [0.3, 0.4) is 0 Å². The predicted octanol–water partition coefficient (Wildman–Crippen LogP) is 5.01. The molecule has 2 rings (SSSR count). The molecule has 2 nitrogen and oxygen atoms in total. The van der Waals surface area contributed by atoms with Crippen LogP contribution in [-0.2, 0) is 4.79 Å². The van der Waals surface area contributed by atoms with Gasteiger partial charge in [0.1, 0.15) is 0 Å². The van der Waals surface area contributed by atoms with Gasteiger partial charge in [0.25, 0.3) is 0 Å². The zero-order valence-corrected chi connectivity index (χ0v) is 13.3. The summed E-state index contributed by atoms with van der Waals surface area (Å²) in [6, 6.07) is 9.45. The Morgan fingerprint density at radius 2 is 1.67 bits per heavy atom. The van der Waals surface area contributed by atoms with Crippen LogP contribution in [0.2, 0.25) is 0 Å². The van der Waals surface area contributed by atoms with E-state index in [2.05, 4.69) is 20.8 Å². The van der Waals surface area contributed by atoms with E-state index in [1.165, 1.54) is 12.8 Å². The Morgan fingerprint density at radius 3 is 2.14 bits per heavy atom. The number of hydrogen-bond acceptors (Lipinski definition) is 1. The first kappa shape index (κ1) is 15.8. The summed E-state index contributed by atoms with van der Waals surface area (Å²) in [5, 5.41) is 9.47. The minimum absolute atomic E-state index is 0.365. The van der Waals surface area contributed by atoms with Gasteiger partial charge in [-0.3, -0.25) is 0 Å². The molecule has 1 N–H and O–H groups in total. The number of carboxylic acids is 1. The van der Waals surface area contributed by atoms with Crippen LogP contribution in [0.4, 0.5) is 0 Å². The molecule has 0 bridgehead atoms. The molecular weight excluding hydrogens is 260 g/mol. The van der Waals surface area contributed by atoms with Crippen molar-refractivity contribution < 1.29 is 9.90 Å². The number of carbonyl (C=O) groups is 1. The van der Waals surface area contributed by atoms with Crippen molar-refractivity contribution in [3.05, 3.63) is 42.0 Å². The molecule has 1 saturated carbocycles. The number of carboxylic acid groups (broad SMARTS) is 1. The third kappa shape index (κ3) is 4.20. The van der Waals surface area contributed by atoms with Gasteiger partial charge < -0.3 is 5.11 Å². The summed E-state index contributed by atoms with van der Waals surface area (Å²) in [4.78, 5) is 11.5. The van der Waals surface area contributed by atoms with Gasteiger partial charge in [0, 0.05) is 0 Å². The van der Waals surface area contributed by atoms with Crippen LogP contribution >= 0.6 is 0 Å². The quantitative estimate of drug-likeness (QED) is 0.793. The first-order chi connectivity index (χ1) is 9.88. The van der Waals surface area contributed by atoms with Gasteiger partial charge >= 0.3 is 5.97 Å². The van der Waals surface area contributed by atoms with E-state index in [1.807, 2.05) is 36.4 Å². The second kappa shape index (κ2) is 6.46. The lowest BCUT2D eigenvalue weighted by molar-refractivity contribution is -0.130. The molecule has 0 amide bonds. The van der Waals surface area contributed by atoms with Gasteiger partial charge in [-0.05, 0) is 48.5 Å². The summed E-state index contributed by atoms with van der Waals surface area (Å²) >= 11 is 0. The van der Waals surface area contributed by atoms with Crippen molar-refractivity contribution in [1.82, 2.24) is 0 Å². The molecule has 0 heterocycles. The fourth-order valence-corrected chi connectivity index (χ4v) is 3.30. The molecule has 0 spiro atoms. The Hall–Kier alpha value is -1.57.